The second-order valence-corrected chi connectivity index (χ2v) is 5.07. The van der Waals surface area contributed by atoms with E-state index in [1.54, 1.807) is 11.0 Å². The van der Waals surface area contributed by atoms with Crippen LogP contribution in [0.25, 0.3) is 0 Å². The van der Waals surface area contributed by atoms with Crippen LogP contribution in [-0.2, 0) is 4.79 Å². The molecule has 96 valence electrons. The topological polar surface area (TPSA) is 49.4 Å². The predicted octanol–water partition coefficient (Wildman–Crippen LogP) is 1.98. The lowest BCUT2D eigenvalue weighted by Gasteiger charge is -2.16. The molecule has 1 N–H and O–H groups in total. The summed E-state index contributed by atoms with van der Waals surface area (Å²) in [7, 11) is 0. The highest BCUT2D eigenvalue weighted by molar-refractivity contribution is 9.10. The number of nitrogens with one attached hydrogen (secondary N) is 1. The highest BCUT2D eigenvalue weighted by Crippen LogP contribution is 2.31. The van der Waals surface area contributed by atoms with Crippen LogP contribution in [0.4, 0.5) is 5.69 Å². The molecule has 0 aromatic heterocycles. The Morgan fingerprint density at radius 1 is 1.33 bits per heavy atom. The first-order valence-electron chi connectivity index (χ1n) is 6.01. The van der Waals surface area contributed by atoms with Crippen LogP contribution in [0.15, 0.2) is 22.7 Å². The largest absolute Gasteiger partial charge is 0.317 e. The number of anilines is 1. The molecule has 1 aliphatic heterocycles. The van der Waals surface area contributed by atoms with Crippen molar-refractivity contribution in [2.75, 3.05) is 24.5 Å². The van der Waals surface area contributed by atoms with Gasteiger partial charge in [0.15, 0.2) is 0 Å². The van der Waals surface area contributed by atoms with Gasteiger partial charge in [-0.3, -0.25) is 9.59 Å². The van der Waals surface area contributed by atoms with Crippen molar-refractivity contribution in [1.82, 2.24) is 5.32 Å². The molecule has 1 amide bonds. The Bertz CT molecular complexity index is 488. The number of hydrogen-bond donors (Lipinski definition) is 1. The van der Waals surface area contributed by atoms with Gasteiger partial charge in [0.05, 0.1) is 11.3 Å². The Hall–Kier alpha value is -1.20. The minimum Gasteiger partial charge on any atom is -0.317 e. The van der Waals surface area contributed by atoms with Crippen molar-refractivity contribution >= 4 is 33.3 Å². The maximum Gasteiger partial charge on any atom is 0.299 e. The lowest BCUT2D eigenvalue weighted by Crippen LogP contribution is -2.32. The zero-order chi connectivity index (χ0) is 13.1. The van der Waals surface area contributed by atoms with E-state index in [9.17, 15) is 9.59 Å². The molecule has 0 spiro atoms. The number of rotatable bonds is 5. The number of amides is 1. The van der Waals surface area contributed by atoms with E-state index < -0.39 is 11.7 Å². The zero-order valence-electron chi connectivity index (χ0n) is 10.2. The second-order valence-electron chi connectivity index (χ2n) is 4.15. The van der Waals surface area contributed by atoms with E-state index in [1.807, 2.05) is 19.1 Å². The molecular formula is C13H15BrN2O2. The lowest BCUT2D eigenvalue weighted by molar-refractivity contribution is -0.114. The summed E-state index contributed by atoms with van der Waals surface area (Å²) in [5, 5.41) is 3.20. The summed E-state index contributed by atoms with van der Waals surface area (Å²) >= 11 is 3.31. The van der Waals surface area contributed by atoms with E-state index in [4.69, 9.17) is 0 Å². The van der Waals surface area contributed by atoms with E-state index in [0.29, 0.717) is 12.1 Å². The van der Waals surface area contributed by atoms with Crippen molar-refractivity contribution in [2.24, 2.45) is 0 Å². The molecular weight excluding hydrogens is 296 g/mol. The van der Waals surface area contributed by atoms with Gasteiger partial charge in [0, 0.05) is 11.0 Å². The van der Waals surface area contributed by atoms with Crippen LogP contribution in [0.1, 0.15) is 23.7 Å². The van der Waals surface area contributed by atoms with Gasteiger partial charge in [-0.05, 0) is 37.7 Å². The fraction of sp³-hybridized carbons (Fsp3) is 0.385. The molecule has 2 rings (SSSR count). The highest BCUT2D eigenvalue weighted by atomic mass is 79.9. The number of fused-ring (bicyclic) bond motifs is 1. The number of halogens is 1. The van der Waals surface area contributed by atoms with Crippen molar-refractivity contribution in [1.29, 1.82) is 0 Å². The SMILES string of the molecule is CCNCCCN1C(=O)C(=O)c2cc(Br)ccc21. The summed E-state index contributed by atoms with van der Waals surface area (Å²) in [5.41, 5.74) is 1.22. The number of carbonyl (C=O) groups is 2. The van der Waals surface area contributed by atoms with Crippen LogP contribution in [0.2, 0.25) is 0 Å². The van der Waals surface area contributed by atoms with Gasteiger partial charge in [-0.15, -0.1) is 0 Å². The molecule has 1 aromatic carbocycles. The molecule has 0 bridgehead atoms. The van der Waals surface area contributed by atoms with E-state index in [2.05, 4.69) is 21.2 Å². The van der Waals surface area contributed by atoms with Crippen molar-refractivity contribution in [3.8, 4) is 0 Å². The first-order valence-corrected chi connectivity index (χ1v) is 6.81. The van der Waals surface area contributed by atoms with Gasteiger partial charge in [-0.2, -0.15) is 0 Å². The van der Waals surface area contributed by atoms with E-state index in [1.165, 1.54) is 0 Å². The standard InChI is InChI=1S/C13H15BrN2O2/c1-2-15-6-3-7-16-11-5-4-9(14)8-10(11)12(17)13(16)18/h4-5,8,15H,2-3,6-7H2,1H3. The van der Waals surface area contributed by atoms with Gasteiger partial charge in [-0.25, -0.2) is 0 Å². The smallest absolute Gasteiger partial charge is 0.299 e. The summed E-state index contributed by atoms with van der Waals surface area (Å²) in [4.78, 5) is 25.3. The Morgan fingerprint density at radius 3 is 2.83 bits per heavy atom. The lowest BCUT2D eigenvalue weighted by atomic mass is 10.1. The van der Waals surface area contributed by atoms with Gasteiger partial charge in [0.2, 0.25) is 0 Å². The molecule has 0 fully saturated rings. The molecule has 1 aliphatic rings. The average Bonchev–Trinajstić information content (AvgIpc) is 2.59. The minimum atomic E-state index is -0.417. The molecule has 5 heteroatoms. The summed E-state index contributed by atoms with van der Waals surface area (Å²) in [6.45, 7) is 4.38. The highest BCUT2D eigenvalue weighted by Gasteiger charge is 2.35. The fourth-order valence-electron chi connectivity index (χ4n) is 2.03. The predicted molar refractivity (Wildman–Crippen MR) is 74.0 cm³/mol. The minimum absolute atomic E-state index is 0.408. The van der Waals surface area contributed by atoms with Gasteiger partial charge < -0.3 is 10.2 Å². The molecule has 1 heterocycles. The number of hydrogen-bond acceptors (Lipinski definition) is 3. The van der Waals surface area contributed by atoms with Crippen LogP contribution in [0.5, 0.6) is 0 Å². The fourth-order valence-corrected chi connectivity index (χ4v) is 2.39. The van der Waals surface area contributed by atoms with Crippen LogP contribution >= 0.6 is 15.9 Å². The quantitative estimate of drug-likeness (QED) is 0.668. The third kappa shape index (κ3) is 2.47. The van der Waals surface area contributed by atoms with Crippen molar-refractivity contribution < 1.29 is 9.59 Å². The van der Waals surface area contributed by atoms with Crippen LogP contribution in [0, 0.1) is 0 Å². The van der Waals surface area contributed by atoms with Crippen LogP contribution < -0.4 is 10.2 Å². The molecule has 1 aromatic rings. The number of benzene rings is 1. The van der Waals surface area contributed by atoms with Crippen LogP contribution in [0.3, 0.4) is 0 Å². The maximum absolute atomic E-state index is 11.9. The second kappa shape index (κ2) is 5.63. The van der Waals surface area contributed by atoms with E-state index in [-0.39, 0.29) is 0 Å². The normalized spacial score (nSPS) is 14.2. The summed E-state index contributed by atoms with van der Waals surface area (Å²) in [5.74, 6) is -0.825. The molecule has 0 saturated carbocycles. The maximum atomic E-state index is 11.9. The summed E-state index contributed by atoms with van der Waals surface area (Å²) < 4.78 is 0.817. The van der Waals surface area contributed by atoms with E-state index >= 15 is 0 Å². The third-order valence-electron chi connectivity index (χ3n) is 2.92. The molecule has 18 heavy (non-hydrogen) atoms. The average molecular weight is 311 g/mol. The van der Waals surface area contributed by atoms with Gasteiger partial charge in [0.1, 0.15) is 0 Å². The van der Waals surface area contributed by atoms with Gasteiger partial charge in [0.25, 0.3) is 11.7 Å². The first-order chi connectivity index (χ1) is 8.65. The number of nitrogens with zero attached hydrogens (tertiary/aromatic N) is 1. The number of Topliss-reactive ketones (excluding diaryl/α,β-unsaturated/α-hetero) is 1. The third-order valence-corrected chi connectivity index (χ3v) is 3.41. The molecule has 4 nitrogen and oxygen atoms in total. The Labute approximate surface area is 114 Å². The van der Waals surface area contributed by atoms with Gasteiger partial charge in [-0.1, -0.05) is 22.9 Å². The first kappa shape index (κ1) is 13.2. The summed E-state index contributed by atoms with van der Waals surface area (Å²) in [6.07, 6.45) is 0.836. The number of ketones is 1. The van der Waals surface area contributed by atoms with Gasteiger partial charge >= 0.3 is 0 Å². The Balaban J connectivity index is 2.13. The molecule has 0 saturated heterocycles. The Morgan fingerprint density at radius 2 is 2.11 bits per heavy atom. The summed E-state index contributed by atoms with van der Waals surface area (Å²) in [6, 6.07) is 5.37. The molecule has 0 aliphatic carbocycles. The monoisotopic (exact) mass is 310 g/mol. The van der Waals surface area contributed by atoms with E-state index in [0.717, 1.165) is 29.7 Å². The van der Waals surface area contributed by atoms with Crippen molar-refractivity contribution in [3.05, 3.63) is 28.2 Å². The molecule has 0 unspecified atom stereocenters. The molecule has 0 radical (unpaired) electrons. The van der Waals surface area contributed by atoms with Crippen molar-refractivity contribution in [2.45, 2.75) is 13.3 Å². The zero-order valence-corrected chi connectivity index (χ0v) is 11.8. The Kier molecular flexibility index (Phi) is 4.14. The van der Waals surface area contributed by atoms with Crippen molar-refractivity contribution in [3.63, 3.8) is 0 Å². The number of carbonyl (C=O) groups excluding carboxylic acids is 2. The van der Waals surface area contributed by atoms with Crippen LogP contribution in [-0.4, -0.2) is 31.3 Å². The molecule has 0 atom stereocenters.